The Kier molecular flexibility index (Phi) is 6.51. The van der Waals surface area contributed by atoms with Crippen LogP contribution in [-0.2, 0) is 6.42 Å². The third kappa shape index (κ3) is 4.30. The molecule has 0 saturated heterocycles. The summed E-state index contributed by atoms with van der Waals surface area (Å²) in [6.07, 6.45) is 1.05. The first-order chi connectivity index (χ1) is 8.95. The van der Waals surface area contributed by atoms with Crippen LogP contribution in [0.15, 0.2) is 28.7 Å². The van der Waals surface area contributed by atoms with Crippen molar-refractivity contribution in [1.82, 2.24) is 10.2 Å². The third-order valence-electron chi connectivity index (χ3n) is 4.13. The Morgan fingerprint density at radius 1 is 1.16 bits per heavy atom. The number of benzene rings is 1. The summed E-state index contributed by atoms with van der Waals surface area (Å²) in [5.41, 5.74) is 1.52. The summed E-state index contributed by atoms with van der Waals surface area (Å²) in [5.74, 6) is 0. The van der Waals surface area contributed by atoms with Crippen molar-refractivity contribution in [3.8, 4) is 0 Å². The average molecular weight is 327 g/mol. The van der Waals surface area contributed by atoms with E-state index in [1.54, 1.807) is 0 Å². The van der Waals surface area contributed by atoms with Crippen LogP contribution in [0.1, 0.15) is 33.3 Å². The van der Waals surface area contributed by atoms with Crippen molar-refractivity contribution in [2.75, 3.05) is 20.1 Å². The molecule has 1 aromatic carbocycles. The van der Waals surface area contributed by atoms with Gasteiger partial charge in [-0.1, -0.05) is 41.9 Å². The first-order valence-electron chi connectivity index (χ1n) is 7.12. The molecule has 0 aromatic heterocycles. The standard InChI is InChI=1S/C16H27BrN2/c1-6-19(7-2)16(3,4)15(18-5)12-13-8-10-14(17)11-9-13/h8-11,15,18H,6-7,12H2,1-5H3. The van der Waals surface area contributed by atoms with Gasteiger partial charge in [0, 0.05) is 16.1 Å². The molecular weight excluding hydrogens is 300 g/mol. The zero-order valence-corrected chi connectivity index (χ0v) is 14.4. The molecule has 1 N–H and O–H groups in total. The number of rotatable bonds is 7. The van der Waals surface area contributed by atoms with E-state index in [0.717, 1.165) is 24.0 Å². The van der Waals surface area contributed by atoms with Crippen molar-refractivity contribution in [2.45, 2.75) is 45.7 Å². The summed E-state index contributed by atoms with van der Waals surface area (Å²) in [7, 11) is 2.06. The maximum absolute atomic E-state index is 3.50. The molecule has 2 nitrogen and oxygen atoms in total. The molecular formula is C16H27BrN2. The Labute approximate surface area is 126 Å². The van der Waals surface area contributed by atoms with E-state index in [0.29, 0.717) is 6.04 Å². The Balaban J connectivity index is 2.84. The van der Waals surface area contributed by atoms with E-state index in [1.807, 2.05) is 0 Å². The van der Waals surface area contributed by atoms with Crippen LogP contribution in [0.4, 0.5) is 0 Å². The van der Waals surface area contributed by atoms with Gasteiger partial charge in [-0.25, -0.2) is 0 Å². The second-order valence-corrected chi connectivity index (χ2v) is 6.41. The number of hydrogen-bond donors (Lipinski definition) is 1. The summed E-state index contributed by atoms with van der Waals surface area (Å²) in [6, 6.07) is 9.08. The average Bonchev–Trinajstić information content (AvgIpc) is 2.38. The summed E-state index contributed by atoms with van der Waals surface area (Å²) in [5, 5.41) is 3.50. The number of likely N-dealkylation sites (N-methyl/N-ethyl adjacent to an activating group) is 2. The van der Waals surface area contributed by atoms with Gasteiger partial charge in [0.15, 0.2) is 0 Å². The molecule has 1 rings (SSSR count). The van der Waals surface area contributed by atoms with Crippen molar-refractivity contribution in [3.63, 3.8) is 0 Å². The van der Waals surface area contributed by atoms with Gasteiger partial charge in [-0.3, -0.25) is 4.90 Å². The molecule has 1 aromatic rings. The molecule has 0 spiro atoms. The molecule has 108 valence electrons. The normalized spacial score (nSPS) is 13.8. The van der Waals surface area contributed by atoms with Crippen molar-refractivity contribution in [3.05, 3.63) is 34.3 Å². The Hall–Kier alpha value is -0.380. The molecule has 0 bridgehead atoms. The number of nitrogens with one attached hydrogen (secondary N) is 1. The predicted octanol–water partition coefficient (Wildman–Crippen LogP) is 3.70. The van der Waals surface area contributed by atoms with Crippen LogP contribution < -0.4 is 5.32 Å². The minimum atomic E-state index is 0.144. The number of nitrogens with zero attached hydrogens (tertiary/aromatic N) is 1. The maximum atomic E-state index is 3.50. The lowest BCUT2D eigenvalue weighted by Gasteiger charge is -2.43. The third-order valence-corrected chi connectivity index (χ3v) is 4.66. The number of hydrogen-bond acceptors (Lipinski definition) is 2. The molecule has 3 heteroatoms. The lowest BCUT2D eigenvalue weighted by atomic mass is 9.87. The largest absolute Gasteiger partial charge is 0.315 e. The van der Waals surface area contributed by atoms with Crippen LogP contribution in [0.5, 0.6) is 0 Å². The lowest BCUT2D eigenvalue weighted by molar-refractivity contribution is 0.0944. The summed E-state index contributed by atoms with van der Waals surface area (Å²) in [6.45, 7) is 11.3. The van der Waals surface area contributed by atoms with Crippen molar-refractivity contribution >= 4 is 15.9 Å². The van der Waals surface area contributed by atoms with Gasteiger partial charge >= 0.3 is 0 Å². The van der Waals surface area contributed by atoms with Crippen molar-refractivity contribution in [2.24, 2.45) is 0 Å². The van der Waals surface area contributed by atoms with Crippen LogP contribution in [0.2, 0.25) is 0 Å². The molecule has 0 amide bonds. The molecule has 0 aliphatic rings. The van der Waals surface area contributed by atoms with Gasteiger partial charge < -0.3 is 5.32 Å². The van der Waals surface area contributed by atoms with E-state index in [2.05, 4.69) is 85.2 Å². The molecule has 0 aliphatic carbocycles. The fraction of sp³-hybridized carbons (Fsp3) is 0.625. The van der Waals surface area contributed by atoms with Gasteiger partial charge in [0.1, 0.15) is 0 Å². The smallest absolute Gasteiger partial charge is 0.0309 e. The first-order valence-corrected chi connectivity index (χ1v) is 7.91. The molecule has 0 heterocycles. The summed E-state index contributed by atoms with van der Waals surface area (Å²) >= 11 is 3.49. The molecule has 0 aliphatic heterocycles. The topological polar surface area (TPSA) is 15.3 Å². The highest BCUT2D eigenvalue weighted by molar-refractivity contribution is 9.10. The second kappa shape index (κ2) is 7.41. The highest BCUT2D eigenvalue weighted by Crippen LogP contribution is 2.22. The molecule has 19 heavy (non-hydrogen) atoms. The summed E-state index contributed by atoms with van der Waals surface area (Å²) in [4.78, 5) is 2.52. The van der Waals surface area contributed by atoms with Crippen LogP contribution in [0.3, 0.4) is 0 Å². The van der Waals surface area contributed by atoms with E-state index >= 15 is 0 Å². The lowest BCUT2D eigenvalue weighted by Crippen LogP contribution is -2.57. The van der Waals surface area contributed by atoms with Gasteiger partial charge in [-0.15, -0.1) is 0 Å². The van der Waals surface area contributed by atoms with Crippen LogP contribution >= 0.6 is 15.9 Å². The fourth-order valence-electron chi connectivity index (χ4n) is 2.82. The molecule has 0 radical (unpaired) electrons. The van der Waals surface area contributed by atoms with Crippen molar-refractivity contribution in [1.29, 1.82) is 0 Å². The quantitative estimate of drug-likeness (QED) is 0.821. The highest BCUT2D eigenvalue weighted by atomic mass is 79.9. The van der Waals surface area contributed by atoms with Gasteiger partial charge in [0.05, 0.1) is 0 Å². The Bertz CT molecular complexity index is 369. The van der Waals surface area contributed by atoms with Gasteiger partial charge in [-0.2, -0.15) is 0 Å². The SMILES string of the molecule is CCN(CC)C(C)(C)C(Cc1ccc(Br)cc1)NC. The van der Waals surface area contributed by atoms with Crippen molar-refractivity contribution < 1.29 is 0 Å². The van der Waals surface area contributed by atoms with E-state index in [9.17, 15) is 0 Å². The predicted molar refractivity (Wildman–Crippen MR) is 87.7 cm³/mol. The first kappa shape index (κ1) is 16.7. The second-order valence-electron chi connectivity index (χ2n) is 5.50. The molecule has 0 saturated carbocycles. The van der Waals surface area contributed by atoms with E-state index in [-0.39, 0.29) is 5.54 Å². The Morgan fingerprint density at radius 2 is 1.68 bits per heavy atom. The van der Waals surface area contributed by atoms with Gasteiger partial charge in [-0.05, 0) is 58.1 Å². The van der Waals surface area contributed by atoms with Crippen LogP contribution in [0.25, 0.3) is 0 Å². The van der Waals surface area contributed by atoms with Crippen LogP contribution in [0, 0.1) is 0 Å². The molecule has 1 atom stereocenters. The Morgan fingerprint density at radius 3 is 2.11 bits per heavy atom. The maximum Gasteiger partial charge on any atom is 0.0309 e. The molecule has 0 fully saturated rings. The minimum absolute atomic E-state index is 0.144. The zero-order valence-electron chi connectivity index (χ0n) is 12.8. The van der Waals surface area contributed by atoms with Gasteiger partial charge in [0.25, 0.3) is 0 Å². The fourth-order valence-corrected chi connectivity index (χ4v) is 3.08. The van der Waals surface area contributed by atoms with E-state index < -0.39 is 0 Å². The van der Waals surface area contributed by atoms with Crippen LogP contribution in [-0.4, -0.2) is 36.6 Å². The minimum Gasteiger partial charge on any atom is -0.315 e. The number of halogens is 1. The van der Waals surface area contributed by atoms with Gasteiger partial charge in [0.2, 0.25) is 0 Å². The summed E-state index contributed by atoms with van der Waals surface area (Å²) < 4.78 is 1.14. The van der Waals surface area contributed by atoms with E-state index in [1.165, 1.54) is 5.56 Å². The van der Waals surface area contributed by atoms with E-state index in [4.69, 9.17) is 0 Å². The highest BCUT2D eigenvalue weighted by Gasteiger charge is 2.32. The monoisotopic (exact) mass is 326 g/mol. The molecule has 1 unspecified atom stereocenters. The zero-order chi connectivity index (χ0) is 14.5.